The summed E-state index contributed by atoms with van der Waals surface area (Å²) in [4.78, 5) is 2.50. The zero-order valence-electron chi connectivity index (χ0n) is 13.1. The van der Waals surface area contributed by atoms with E-state index in [1.54, 1.807) is 7.11 Å². The molecule has 0 aromatic heterocycles. The highest BCUT2D eigenvalue weighted by Crippen LogP contribution is 2.30. The number of piperidine rings is 1. The van der Waals surface area contributed by atoms with Crippen LogP contribution in [0.3, 0.4) is 0 Å². The van der Waals surface area contributed by atoms with Gasteiger partial charge in [0.2, 0.25) is 0 Å². The summed E-state index contributed by atoms with van der Waals surface area (Å²) in [5.74, 6) is 0.729. The number of nitrogens with one attached hydrogen (secondary N) is 1. The molecule has 1 saturated heterocycles. The maximum Gasteiger partial charge on any atom is 0.0774 e. The van der Waals surface area contributed by atoms with Crippen LogP contribution in [0.4, 0.5) is 0 Å². The molecular weight excluding hydrogens is 252 g/mol. The molecule has 118 valence electrons. The Morgan fingerprint density at radius 2 is 2.05 bits per heavy atom. The van der Waals surface area contributed by atoms with Crippen LogP contribution >= 0.6 is 0 Å². The summed E-state index contributed by atoms with van der Waals surface area (Å²) in [5, 5.41) is 14.2. The number of aliphatic hydroxyl groups is 1. The van der Waals surface area contributed by atoms with Crippen LogP contribution in [0, 0.1) is 5.92 Å². The highest BCUT2D eigenvalue weighted by molar-refractivity contribution is 4.87. The summed E-state index contributed by atoms with van der Waals surface area (Å²) in [6.45, 7) is 6.01. The molecule has 1 atom stereocenters. The molecule has 0 spiro atoms. The van der Waals surface area contributed by atoms with Gasteiger partial charge in [0.25, 0.3) is 0 Å². The number of rotatable bonds is 7. The number of hydrogen-bond donors (Lipinski definition) is 2. The Morgan fingerprint density at radius 3 is 2.80 bits per heavy atom. The maximum atomic E-state index is 10.7. The lowest BCUT2D eigenvalue weighted by molar-refractivity contribution is -0.0343. The number of nitrogens with zero attached hydrogens (tertiary/aromatic N) is 1. The normalized spacial score (nSPS) is 27.6. The molecular formula is C16H32N2O2. The van der Waals surface area contributed by atoms with Gasteiger partial charge >= 0.3 is 0 Å². The van der Waals surface area contributed by atoms with E-state index in [2.05, 4.69) is 10.2 Å². The van der Waals surface area contributed by atoms with E-state index < -0.39 is 5.60 Å². The van der Waals surface area contributed by atoms with Crippen molar-refractivity contribution in [2.24, 2.45) is 5.92 Å². The molecule has 2 aliphatic rings. The van der Waals surface area contributed by atoms with Crippen molar-refractivity contribution in [3.05, 3.63) is 0 Å². The van der Waals surface area contributed by atoms with Crippen molar-refractivity contribution in [3.63, 3.8) is 0 Å². The molecule has 4 heteroatoms. The average Bonchev–Trinajstić information content (AvgIpc) is 2.44. The second kappa shape index (κ2) is 8.32. The van der Waals surface area contributed by atoms with Crippen molar-refractivity contribution in [1.29, 1.82) is 0 Å². The third-order valence-corrected chi connectivity index (χ3v) is 4.82. The van der Waals surface area contributed by atoms with Gasteiger partial charge in [-0.05, 0) is 44.7 Å². The van der Waals surface area contributed by atoms with Crippen molar-refractivity contribution in [2.45, 2.75) is 50.5 Å². The first kappa shape index (κ1) is 16.2. The van der Waals surface area contributed by atoms with E-state index in [1.807, 2.05) is 0 Å². The molecule has 4 nitrogen and oxygen atoms in total. The Morgan fingerprint density at radius 1 is 1.25 bits per heavy atom. The van der Waals surface area contributed by atoms with Gasteiger partial charge in [0.1, 0.15) is 0 Å². The van der Waals surface area contributed by atoms with Crippen LogP contribution in [0.2, 0.25) is 0 Å². The molecule has 1 unspecified atom stereocenters. The van der Waals surface area contributed by atoms with E-state index in [9.17, 15) is 5.11 Å². The molecule has 1 heterocycles. The van der Waals surface area contributed by atoms with Crippen LogP contribution in [-0.2, 0) is 4.74 Å². The Hall–Kier alpha value is -0.160. The first-order valence-electron chi connectivity index (χ1n) is 8.36. The van der Waals surface area contributed by atoms with Crippen LogP contribution in [0.15, 0.2) is 0 Å². The monoisotopic (exact) mass is 284 g/mol. The zero-order valence-corrected chi connectivity index (χ0v) is 13.1. The molecule has 1 aliphatic carbocycles. The standard InChI is InChI=1S/C16H32N2O2/c1-20-11-9-17-12-15-6-5-10-18(13-15)14-16(19)7-3-2-4-8-16/h15,17,19H,2-14H2,1H3. The van der Waals surface area contributed by atoms with Crippen LogP contribution in [-0.4, -0.2) is 62.0 Å². The van der Waals surface area contributed by atoms with Gasteiger partial charge in [0.15, 0.2) is 0 Å². The Labute approximate surface area is 123 Å². The molecule has 2 N–H and O–H groups in total. The smallest absolute Gasteiger partial charge is 0.0774 e. The number of likely N-dealkylation sites (tertiary alicyclic amines) is 1. The summed E-state index contributed by atoms with van der Waals surface area (Å²) in [5.41, 5.74) is -0.399. The summed E-state index contributed by atoms with van der Waals surface area (Å²) < 4.78 is 5.06. The first-order valence-corrected chi connectivity index (χ1v) is 8.36. The van der Waals surface area contributed by atoms with Crippen LogP contribution < -0.4 is 5.32 Å². The quantitative estimate of drug-likeness (QED) is 0.698. The van der Waals surface area contributed by atoms with Gasteiger partial charge < -0.3 is 20.1 Å². The largest absolute Gasteiger partial charge is 0.389 e. The molecule has 0 aromatic carbocycles. The number of methoxy groups -OCH3 is 1. The fourth-order valence-electron chi connectivity index (χ4n) is 3.73. The number of ether oxygens (including phenoxy) is 1. The lowest BCUT2D eigenvalue weighted by atomic mass is 9.84. The Kier molecular flexibility index (Phi) is 6.75. The minimum atomic E-state index is -0.399. The third kappa shape index (κ3) is 5.32. The van der Waals surface area contributed by atoms with E-state index in [1.165, 1.54) is 32.1 Å². The molecule has 1 aliphatic heterocycles. The van der Waals surface area contributed by atoms with Crippen LogP contribution in [0.1, 0.15) is 44.9 Å². The molecule has 2 rings (SSSR count). The predicted molar refractivity (Wildman–Crippen MR) is 81.9 cm³/mol. The highest BCUT2D eigenvalue weighted by atomic mass is 16.5. The topological polar surface area (TPSA) is 44.7 Å². The average molecular weight is 284 g/mol. The molecule has 0 bridgehead atoms. The molecule has 2 fully saturated rings. The van der Waals surface area contributed by atoms with Gasteiger partial charge in [-0.15, -0.1) is 0 Å². The van der Waals surface area contributed by atoms with Crippen molar-refractivity contribution in [2.75, 3.05) is 46.4 Å². The molecule has 1 saturated carbocycles. The lowest BCUT2D eigenvalue weighted by Crippen LogP contribution is -2.49. The van der Waals surface area contributed by atoms with E-state index in [-0.39, 0.29) is 0 Å². The summed E-state index contributed by atoms with van der Waals surface area (Å²) >= 11 is 0. The first-order chi connectivity index (χ1) is 9.72. The van der Waals surface area contributed by atoms with Crippen LogP contribution in [0.5, 0.6) is 0 Å². The second-order valence-corrected chi connectivity index (χ2v) is 6.73. The molecule has 0 amide bonds. The van der Waals surface area contributed by atoms with Crippen molar-refractivity contribution in [1.82, 2.24) is 10.2 Å². The van der Waals surface area contributed by atoms with Crippen molar-refractivity contribution >= 4 is 0 Å². The predicted octanol–water partition coefficient (Wildman–Crippen LogP) is 1.63. The van der Waals surface area contributed by atoms with Gasteiger partial charge in [-0.2, -0.15) is 0 Å². The summed E-state index contributed by atoms with van der Waals surface area (Å²) in [6.07, 6.45) is 8.29. The molecule has 0 radical (unpaired) electrons. The fraction of sp³-hybridized carbons (Fsp3) is 1.00. The molecule has 20 heavy (non-hydrogen) atoms. The fourth-order valence-corrected chi connectivity index (χ4v) is 3.73. The third-order valence-electron chi connectivity index (χ3n) is 4.82. The maximum absolute atomic E-state index is 10.7. The van der Waals surface area contributed by atoms with E-state index in [4.69, 9.17) is 4.74 Å². The molecule has 0 aromatic rings. The van der Waals surface area contributed by atoms with Gasteiger partial charge in [0.05, 0.1) is 12.2 Å². The summed E-state index contributed by atoms with van der Waals surface area (Å²) in [6, 6.07) is 0. The zero-order chi connectivity index (χ0) is 14.3. The van der Waals surface area contributed by atoms with E-state index >= 15 is 0 Å². The lowest BCUT2D eigenvalue weighted by Gasteiger charge is -2.40. The summed E-state index contributed by atoms with van der Waals surface area (Å²) in [7, 11) is 1.74. The van der Waals surface area contributed by atoms with Gasteiger partial charge in [-0.1, -0.05) is 19.3 Å². The van der Waals surface area contributed by atoms with E-state index in [0.29, 0.717) is 0 Å². The van der Waals surface area contributed by atoms with Crippen molar-refractivity contribution < 1.29 is 9.84 Å². The minimum Gasteiger partial charge on any atom is -0.389 e. The highest BCUT2D eigenvalue weighted by Gasteiger charge is 2.32. The Balaban J connectivity index is 1.69. The number of β-amino-alcohol motifs (C(OH)–C–C–N with tert-alkyl or cyclic N) is 1. The minimum absolute atomic E-state index is 0.399. The van der Waals surface area contributed by atoms with Crippen molar-refractivity contribution in [3.8, 4) is 0 Å². The number of hydrogen-bond acceptors (Lipinski definition) is 4. The van der Waals surface area contributed by atoms with E-state index in [0.717, 1.165) is 58.1 Å². The second-order valence-electron chi connectivity index (χ2n) is 6.73. The van der Waals surface area contributed by atoms with Gasteiger partial charge in [0, 0.05) is 26.7 Å². The van der Waals surface area contributed by atoms with Gasteiger partial charge in [-0.25, -0.2) is 0 Å². The van der Waals surface area contributed by atoms with Crippen LogP contribution in [0.25, 0.3) is 0 Å². The Bertz CT molecular complexity index is 267. The van der Waals surface area contributed by atoms with Gasteiger partial charge in [-0.3, -0.25) is 0 Å². The SMILES string of the molecule is COCCNCC1CCCN(CC2(O)CCCCC2)C1.